The summed E-state index contributed by atoms with van der Waals surface area (Å²) in [5, 5.41) is 2.32. The Morgan fingerprint density at radius 2 is 1.79 bits per heavy atom. The number of anilines is 1. The predicted octanol–water partition coefficient (Wildman–Crippen LogP) is 2.50. The number of aryl methyl sites for hydroxylation is 2. The summed E-state index contributed by atoms with van der Waals surface area (Å²) in [4.78, 5) is 11.8. The summed E-state index contributed by atoms with van der Waals surface area (Å²) in [5.41, 5.74) is 2.73. The van der Waals surface area contributed by atoms with E-state index in [1.807, 2.05) is 19.9 Å². The van der Waals surface area contributed by atoms with Crippen molar-refractivity contribution in [2.75, 3.05) is 11.9 Å². The normalized spacial score (nSPS) is 11.3. The van der Waals surface area contributed by atoms with Crippen molar-refractivity contribution in [3.8, 4) is 0 Å². The zero-order chi connectivity index (χ0) is 17.7. The molecular formula is C17H19FN2O3S. The van der Waals surface area contributed by atoms with E-state index in [1.54, 1.807) is 18.2 Å². The summed E-state index contributed by atoms with van der Waals surface area (Å²) < 4.78 is 39.8. The first-order valence-electron chi connectivity index (χ1n) is 7.35. The quantitative estimate of drug-likeness (QED) is 0.840. The predicted molar refractivity (Wildman–Crippen MR) is 91.6 cm³/mol. The molecule has 0 aliphatic carbocycles. The molecule has 2 aromatic carbocycles. The van der Waals surface area contributed by atoms with Crippen LogP contribution in [0.4, 0.5) is 10.1 Å². The highest BCUT2D eigenvalue weighted by molar-refractivity contribution is 7.88. The lowest BCUT2D eigenvalue weighted by Crippen LogP contribution is -2.33. The van der Waals surface area contributed by atoms with Gasteiger partial charge in [0.15, 0.2) is 0 Å². The van der Waals surface area contributed by atoms with Crippen LogP contribution in [0.25, 0.3) is 0 Å². The molecule has 0 spiro atoms. The molecule has 0 radical (unpaired) electrons. The van der Waals surface area contributed by atoms with Gasteiger partial charge in [-0.3, -0.25) is 4.79 Å². The summed E-state index contributed by atoms with van der Waals surface area (Å²) in [7, 11) is -3.67. The molecule has 0 aliphatic heterocycles. The van der Waals surface area contributed by atoms with Gasteiger partial charge in [0.05, 0.1) is 18.0 Å². The van der Waals surface area contributed by atoms with Gasteiger partial charge in [-0.05, 0) is 42.7 Å². The third kappa shape index (κ3) is 5.14. The number of carbonyl (C=O) groups excluding carboxylic acids is 1. The Hall–Kier alpha value is -2.25. The standard InChI is InChI=1S/C17H19FN2O3S/c1-12-7-8-14(9-13(12)2)11-24(22,23)19-10-17(21)20-16-6-4-3-5-15(16)18/h3-9,19H,10-11H2,1-2H3,(H,20,21). The van der Waals surface area contributed by atoms with E-state index in [-0.39, 0.29) is 11.4 Å². The Kier molecular flexibility index (Phi) is 5.69. The third-order valence-electron chi connectivity index (χ3n) is 3.53. The molecule has 5 nitrogen and oxygen atoms in total. The lowest BCUT2D eigenvalue weighted by molar-refractivity contribution is -0.115. The minimum Gasteiger partial charge on any atom is -0.322 e. The topological polar surface area (TPSA) is 75.3 Å². The number of carbonyl (C=O) groups is 1. The fourth-order valence-corrected chi connectivity index (χ4v) is 3.17. The van der Waals surface area contributed by atoms with Gasteiger partial charge in [0.25, 0.3) is 0 Å². The summed E-state index contributed by atoms with van der Waals surface area (Å²) in [6.07, 6.45) is 0. The molecule has 0 aromatic heterocycles. The molecule has 1 amide bonds. The van der Waals surface area contributed by atoms with Gasteiger partial charge in [0, 0.05) is 0 Å². The highest BCUT2D eigenvalue weighted by Crippen LogP contribution is 2.13. The van der Waals surface area contributed by atoms with Gasteiger partial charge in [0.2, 0.25) is 15.9 Å². The number of rotatable bonds is 6. The molecule has 0 fully saturated rings. The first-order chi connectivity index (χ1) is 11.3. The molecule has 2 rings (SSSR count). The zero-order valence-corrected chi connectivity index (χ0v) is 14.3. The lowest BCUT2D eigenvalue weighted by atomic mass is 10.1. The largest absolute Gasteiger partial charge is 0.322 e. The molecule has 2 N–H and O–H groups in total. The summed E-state index contributed by atoms with van der Waals surface area (Å²) in [6, 6.07) is 11.1. The average molecular weight is 350 g/mol. The van der Waals surface area contributed by atoms with Gasteiger partial charge in [-0.1, -0.05) is 30.3 Å². The second-order valence-corrected chi connectivity index (χ2v) is 7.33. The fraction of sp³-hybridized carbons (Fsp3) is 0.235. The van der Waals surface area contributed by atoms with Gasteiger partial charge in [-0.15, -0.1) is 0 Å². The number of hydrogen-bond donors (Lipinski definition) is 2. The Labute approximate surface area is 141 Å². The Morgan fingerprint density at radius 3 is 2.46 bits per heavy atom. The number of sulfonamides is 1. The van der Waals surface area contributed by atoms with Crippen LogP contribution in [0.15, 0.2) is 42.5 Å². The van der Waals surface area contributed by atoms with Gasteiger partial charge in [0.1, 0.15) is 5.82 Å². The first kappa shape index (κ1) is 18.1. The van der Waals surface area contributed by atoms with Crippen molar-refractivity contribution < 1.29 is 17.6 Å². The maximum atomic E-state index is 13.4. The van der Waals surface area contributed by atoms with Crippen molar-refractivity contribution in [1.82, 2.24) is 4.72 Å². The van der Waals surface area contributed by atoms with Crippen LogP contribution in [-0.2, 0) is 20.6 Å². The van der Waals surface area contributed by atoms with Crippen molar-refractivity contribution in [2.24, 2.45) is 0 Å². The molecule has 0 saturated heterocycles. The number of hydrogen-bond acceptors (Lipinski definition) is 3. The van der Waals surface area contributed by atoms with Crippen LogP contribution in [0.3, 0.4) is 0 Å². The van der Waals surface area contributed by atoms with Crippen LogP contribution in [0.5, 0.6) is 0 Å². The van der Waals surface area contributed by atoms with Crippen molar-refractivity contribution in [3.63, 3.8) is 0 Å². The van der Waals surface area contributed by atoms with Crippen LogP contribution in [0.1, 0.15) is 16.7 Å². The van der Waals surface area contributed by atoms with E-state index in [4.69, 9.17) is 0 Å². The van der Waals surface area contributed by atoms with Crippen molar-refractivity contribution in [2.45, 2.75) is 19.6 Å². The van der Waals surface area contributed by atoms with Crippen molar-refractivity contribution >= 4 is 21.6 Å². The Morgan fingerprint density at radius 1 is 1.08 bits per heavy atom. The Bertz CT molecular complexity index is 851. The van der Waals surface area contributed by atoms with Crippen LogP contribution < -0.4 is 10.0 Å². The lowest BCUT2D eigenvalue weighted by Gasteiger charge is -2.09. The number of amides is 1. The van der Waals surface area contributed by atoms with E-state index < -0.39 is 28.3 Å². The highest BCUT2D eigenvalue weighted by Gasteiger charge is 2.14. The molecular weight excluding hydrogens is 331 g/mol. The number of para-hydroxylation sites is 1. The molecule has 0 bridgehead atoms. The number of benzene rings is 2. The van der Waals surface area contributed by atoms with Crippen LogP contribution >= 0.6 is 0 Å². The van der Waals surface area contributed by atoms with Crippen LogP contribution in [-0.4, -0.2) is 20.9 Å². The minimum absolute atomic E-state index is 0.0101. The number of halogens is 1. The van der Waals surface area contributed by atoms with Gasteiger partial charge < -0.3 is 5.32 Å². The second kappa shape index (κ2) is 7.55. The molecule has 0 unspecified atom stereocenters. The summed E-state index contributed by atoms with van der Waals surface area (Å²) in [6.45, 7) is 3.39. The second-order valence-electron chi connectivity index (χ2n) is 5.53. The zero-order valence-electron chi connectivity index (χ0n) is 13.5. The minimum atomic E-state index is -3.67. The maximum absolute atomic E-state index is 13.4. The smallest absolute Gasteiger partial charge is 0.239 e. The Balaban J connectivity index is 1.93. The molecule has 0 saturated carbocycles. The molecule has 128 valence electrons. The molecule has 7 heteroatoms. The molecule has 0 atom stereocenters. The monoisotopic (exact) mass is 350 g/mol. The summed E-state index contributed by atoms with van der Waals surface area (Å²) >= 11 is 0. The van der Waals surface area contributed by atoms with Crippen molar-refractivity contribution in [3.05, 3.63) is 65.0 Å². The van der Waals surface area contributed by atoms with E-state index in [1.165, 1.54) is 18.2 Å². The van der Waals surface area contributed by atoms with E-state index in [9.17, 15) is 17.6 Å². The van der Waals surface area contributed by atoms with Gasteiger partial charge in [-0.2, -0.15) is 0 Å². The van der Waals surface area contributed by atoms with E-state index in [0.29, 0.717) is 5.56 Å². The average Bonchev–Trinajstić information content (AvgIpc) is 2.51. The fourth-order valence-electron chi connectivity index (χ4n) is 2.10. The van der Waals surface area contributed by atoms with Crippen molar-refractivity contribution in [1.29, 1.82) is 0 Å². The third-order valence-corrected chi connectivity index (χ3v) is 4.83. The van der Waals surface area contributed by atoms with Crippen LogP contribution in [0.2, 0.25) is 0 Å². The highest BCUT2D eigenvalue weighted by atomic mass is 32.2. The van der Waals surface area contributed by atoms with E-state index >= 15 is 0 Å². The first-order valence-corrected chi connectivity index (χ1v) is 9.00. The summed E-state index contributed by atoms with van der Waals surface area (Å²) in [5.74, 6) is -1.44. The number of nitrogens with one attached hydrogen (secondary N) is 2. The van der Waals surface area contributed by atoms with E-state index in [2.05, 4.69) is 10.0 Å². The molecule has 24 heavy (non-hydrogen) atoms. The van der Waals surface area contributed by atoms with Gasteiger partial charge >= 0.3 is 0 Å². The van der Waals surface area contributed by atoms with Crippen LogP contribution in [0, 0.1) is 19.7 Å². The van der Waals surface area contributed by atoms with E-state index in [0.717, 1.165) is 11.1 Å². The maximum Gasteiger partial charge on any atom is 0.239 e. The molecule has 2 aromatic rings. The SMILES string of the molecule is Cc1ccc(CS(=O)(=O)NCC(=O)Nc2ccccc2F)cc1C. The molecule has 0 aliphatic rings. The molecule has 0 heterocycles. The van der Waals surface area contributed by atoms with Gasteiger partial charge in [-0.25, -0.2) is 17.5 Å².